The van der Waals surface area contributed by atoms with Crippen LogP contribution in [-0.4, -0.2) is 16.1 Å². The van der Waals surface area contributed by atoms with Crippen molar-refractivity contribution in [1.29, 1.82) is 0 Å². The number of hydrogen-bond acceptors (Lipinski definition) is 3. The van der Waals surface area contributed by atoms with Crippen LogP contribution in [0.3, 0.4) is 0 Å². The molecule has 1 aromatic carbocycles. The number of nitrogens with one attached hydrogen (secondary N) is 2. The van der Waals surface area contributed by atoms with Crippen molar-refractivity contribution in [1.82, 2.24) is 10.2 Å². The van der Waals surface area contributed by atoms with Crippen molar-refractivity contribution in [3.8, 4) is 0 Å². The highest BCUT2D eigenvalue weighted by atomic mass is 19.4. The van der Waals surface area contributed by atoms with Crippen molar-refractivity contribution in [2.24, 2.45) is 0 Å². The molecule has 8 heteroatoms. The number of amides is 1. The van der Waals surface area contributed by atoms with E-state index in [1.54, 1.807) is 13.8 Å². The van der Waals surface area contributed by atoms with E-state index in [2.05, 4.69) is 15.5 Å². The Hall–Kier alpha value is -2.51. The van der Waals surface area contributed by atoms with Crippen LogP contribution in [0.5, 0.6) is 0 Å². The smallest absolute Gasteiger partial charge is 0.398 e. The summed E-state index contributed by atoms with van der Waals surface area (Å²) in [7, 11) is 0. The number of alkyl halides is 3. The maximum absolute atomic E-state index is 12.7. The number of nitrogens with zero attached hydrogens (tertiary/aromatic N) is 1. The monoisotopic (exact) mass is 298 g/mol. The zero-order valence-electron chi connectivity index (χ0n) is 11.3. The molecule has 0 aliphatic carbocycles. The number of halogens is 3. The fourth-order valence-corrected chi connectivity index (χ4v) is 1.85. The molecule has 0 spiro atoms. The van der Waals surface area contributed by atoms with Crippen LogP contribution < -0.4 is 11.1 Å². The molecule has 0 atom stereocenters. The SMILES string of the molecule is Cc1n[nH]c(C)c1NC(=O)c1cc(C(F)(F)F)ccc1N. The molecule has 0 bridgehead atoms. The first-order valence-corrected chi connectivity index (χ1v) is 5.99. The number of carbonyl (C=O) groups excluding carboxylic acids is 1. The van der Waals surface area contributed by atoms with Gasteiger partial charge in [-0.25, -0.2) is 0 Å². The van der Waals surface area contributed by atoms with E-state index in [0.717, 1.165) is 18.2 Å². The van der Waals surface area contributed by atoms with Crippen molar-refractivity contribution >= 4 is 17.3 Å². The maximum Gasteiger partial charge on any atom is 0.416 e. The van der Waals surface area contributed by atoms with E-state index < -0.39 is 17.6 Å². The summed E-state index contributed by atoms with van der Waals surface area (Å²) in [5, 5.41) is 9.07. The fraction of sp³-hybridized carbons (Fsp3) is 0.231. The second-order valence-corrected chi connectivity index (χ2v) is 4.56. The molecule has 21 heavy (non-hydrogen) atoms. The Bertz CT molecular complexity index is 672. The topological polar surface area (TPSA) is 83.8 Å². The molecular formula is C13H13F3N4O. The van der Waals surface area contributed by atoms with Crippen LogP contribution in [0.1, 0.15) is 27.3 Å². The van der Waals surface area contributed by atoms with Crippen LogP contribution in [0, 0.1) is 13.8 Å². The first kappa shape index (κ1) is 14.9. The Kier molecular flexibility index (Phi) is 3.63. The molecule has 0 aliphatic heterocycles. The Morgan fingerprint density at radius 3 is 2.52 bits per heavy atom. The predicted molar refractivity (Wildman–Crippen MR) is 71.9 cm³/mol. The number of rotatable bonds is 2. The predicted octanol–water partition coefficient (Wildman–Crippen LogP) is 2.88. The van der Waals surface area contributed by atoms with Crippen LogP contribution in [0.15, 0.2) is 18.2 Å². The molecule has 1 amide bonds. The molecule has 0 saturated carbocycles. The molecule has 1 heterocycles. The average Bonchev–Trinajstić information content (AvgIpc) is 2.69. The highest BCUT2D eigenvalue weighted by Gasteiger charge is 2.31. The van der Waals surface area contributed by atoms with E-state index in [4.69, 9.17) is 5.73 Å². The summed E-state index contributed by atoms with van der Waals surface area (Å²) in [6.07, 6.45) is -4.54. The summed E-state index contributed by atoms with van der Waals surface area (Å²) in [4.78, 5) is 12.1. The number of carbonyl (C=O) groups is 1. The summed E-state index contributed by atoms with van der Waals surface area (Å²) in [6.45, 7) is 3.35. The zero-order valence-corrected chi connectivity index (χ0v) is 11.3. The van der Waals surface area contributed by atoms with Gasteiger partial charge in [-0.2, -0.15) is 18.3 Å². The average molecular weight is 298 g/mol. The molecule has 0 saturated heterocycles. The van der Waals surface area contributed by atoms with Crippen LogP contribution in [0.4, 0.5) is 24.5 Å². The quantitative estimate of drug-likeness (QED) is 0.745. The number of H-pyrrole nitrogens is 1. The van der Waals surface area contributed by atoms with Gasteiger partial charge in [0.25, 0.3) is 5.91 Å². The molecule has 0 fully saturated rings. The number of anilines is 2. The van der Waals surface area contributed by atoms with Crippen LogP contribution >= 0.6 is 0 Å². The van der Waals surface area contributed by atoms with Gasteiger partial charge in [-0.05, 0) is 32.0 Å². The van der Waals surface area contributed by atoms with E-state index in [-0.39, 0.29) is 11.3 Å². The largest absolute Gasteiger partial charge is 0.416 e. The van der Waals surface area contributed by atoms with E-state index in [1.807, 2.05) is 0 Å². The van der Waals surface area contributed by atoms with Crippen molar-refractivity contribution in [2.75, 3.05) is 11.1 Å². The number of aromatic nitrogens is 2. The number of hydrogen-bond donors (Lipinski definition) is 3. The molecule has 2 rings (SSSR count). The minimum Gasteiger partial charge on any atom is -0.398 e. The molecule has 0 aliphatic rings. The molecule has 0 unspecified atom stereocenters. The zero-order chi connectivity index (χ0) is 15.8. The second-order valence-electron chi connectivity index (χ2n) is 4.56. The second kappa shape index (κ2) is 5.12. The third-order valence-corrected chi connectivity index (χ3v) is 2.99. The first-order valence-electron chi connectivity index (χ1n) is 5.99. The minimum absolute atomic E-state index is 0.0284. The van der Waals surface area contributed by atoms with Gasteiger partial charge in [-0.15, -0.1) is 0 Å². The number of aromatic amines is 1. The first-order chi connectivity index (χ1) is 9.70. The summed E-state index contributed by atoms with van der Waals surface area (Å²) in [5.74, 6) is -0.716. The lowest BCUT2D eigenvalue weighted by Gasteiger charge is -2.11. The van der Waals surface area contributed by atoms with Crippen LogP contribution in [-0.2, 0) is 6.18 Å². The highest BCUT2D eigenvalue weighted by molar-refractivity contribution is 6.08. The van der Waals surface area contributed by atoms with Gasteiger partial charge in [0, 0.05) is 5.69 Å². The van der Waals surface area contributed by atoms with Crippen molar-refractivity contribution < 1.29 is 18.0 Å². The lowest BCUT2D eigenvalue weighted by atomic mass is 10.1. The molecule has 0 radical (unpaired) electrons. The molecule has 2 aromatic rings. The van der Waals surface area contributed by atoms with Crippen molar-refractivity contribution in [3.63, 3.8) is 0 Å². The van der Waals surface area contributed by atoms with E-state index >= 15 is 0 Å². The number of nitrogen functional groups attached to an aromatic ring is 1. The Balaban J connectivity index is 2.35. The lowest BCUT2D eigenvalue weighted by Crippen LogP contribution is -2.16. The summed E-state index contributed by atoms with van der Waals surface area (Å²) in [6, 6.07) is 2.63. The normalized spacial score (nSPS) is 11.5. The molecule has 5 nitrogen and oxygen atoms in total. The third kappa shape index (κ3) is 2.99. The molecular weight excluding hydrogens is 285 g/mol. The Morgan fingerprint density at radius 2 is 2.00 bits per heavy atom. The van der Waals surface area contributed by atoms with Gasteiger partial charge in [0.05, 0.1) is 28.2 Å². The number of nitrogens with two attached hydrogens (primary N) is 1. The lowest BCUT2D eigenvalue weighted by molar-refractivity contribution is -0.137. The summed E-state index contributed by atoms with van der Waals surface area (Å²) < 4.78 is 38.0. The third-order valence-electron chi connectivity index (χ3n) is 2.99. The Labute approximate surface area is 118 Å². The highest BCUT2D eigenvalue weighted by Crippen LogP contribution is 2.31. The fourth-order valence-electron chi connectivity index (χ4n) is 1.85. The van der Waals surface area contributed by atoms with E-state index in [0.29, 0.717) is 17.1 Å². The van der Waals surface area contributed by atoms with Gasteiger partial charge in [0.2, 0.25) is 0 Å². The van der Waals surface area contributed by atoms with Crippen molar-refractivity contribution in [3.05, 3.63) is 40.7 Å². The van der Waals surface area contributed by atoms with Gasteiger partial charge >= 0.3 is 6.18 Å². The van der Waals surface area contributed by atoms with Gasteiger partial charge in [0.1, 0.15) is 0 Å². The summed E-state index contributed by atoms with van der Waals surface area (Å²) >= 11 is 0. The van der Waals surface area contributed by atoms with E-state index in [1.165, 1.54) is 0 Å². The van der Waals surface area contributed by atoms with Gasteiger partial charge < -0.3 is 11.1 Å². The number of aryl methyl sites for hydroxylation is 2. The summed E-state index contributed by atoms with van der Waals surface area (Å²) in [5.41, 5.74) is 5.96. The molecule has 4 N–H and O–H groups in total. The van der Waals surface area contributed by atoms with Crippen molar-refractivity contribution in [2.45, 2.75) is 20.0 Å². The maximum atomic E-state index is 12.7. The number of benzene rings is 1. The van der Waals surface area contributed by atoms with Gasteiger partial charge in [-0.3, -0.25) is 9.89 Å². The standard InChI is InChI=1S/C13H13F3N4O/c1-6-11(7(2)20-19-6)18-12(21)9-5-8(13(14,15)16)3-4-10(9)17/h3-5H,17H2,1-2H3,(H,18,21)(H,19,20). The Morgan fingerprint density at radius 1 is 1.33 bits per heavy atom. The van der Waals surface area contributed by atoms with E-state index in [9.17, 15) is 18.0 Å². The molecule has 112 valence electrons. The van der Waals surface area contributed by atoms with Crippen LogP contribution in [0.2, 0.25) is 0 Å². The van der Waals surface area contributed by atoms with Gasteiger partial charge in [0.15, 0.2) is 0 Å². The van der Waals surface area contributed by atoms with Crippen LogP contribution in [0.25, 0.3) is 0 Å². The minimum atomic E-state index is -4.54. The van der Waals surface area contributed by atoms with Gasteiger partial charge in [-0.1, -0.05) is 0 Å². The molecule has 1 aromatic heterocycles.